The zero-order valence-corrected chi connectivity index (χ0v) is 10.6. The van der Waals surface area contributed by atoms with Crippen molar-refractivity contribution in [3.05, 3.63) is 40.9 Å². The van der Waals surface area contributed by atoms with Crippen LogP contribution in [0.25, 0.3) is 10.6 Å². The third kappa shape index (κ3) is 1.90. The van der Waals surface area contributed by atoms with Crippen molar-refractivity contribution in [1.82, 2.24) is 4.98 Å². The van der Waals surface area contributed by atoms with Crippen LogP contribution in [0.15, 0.2) is 29.6 Å². The van der Waals surface area contributed by atoms with Crippen molar-refractivity contribution >= 4 is 11.3 Å². The van der Waals surface area contributed by atoms with E-state index in [1.807, 2.05) is 0 Å². The highest BCUT2D eigenvalue weighted by Gasteiger charge is 2.45. The highest BCUT2D eigenvalue weighted by Crippen LogP contribution is 2.48. The summed E-state index contributed by atoms with van der Waals surface area (Å²) < 4.78 is 0. The molecule has 1 heterocycles. The van der Waals surface area contributed by atoms with Crippen LogP contribution >= 0.6 is 11.3 Å². The van der Waals surface area contributed by atoms with Gasteiger partial charge in [-0.3, -0.25) is 0 Å². The maximum Gasteiger partial charge on any atom is 0.123 e. The van der Waals surface area contributed by atoms with E-state index in [0.717, 1.165) is 23.5 Å². The second-order valence-electron chi connectivity index (χ2n) is 4.85. The summed E-state index contributed by atoms with van der Waals surface area (Å²) in [5, 5.41) is 12.6. The van der Waals surface area contributed by atoms with Gasteiger partial charge in [-0.25, -0.2) is 4.98 Å². The number of rotatable bonds is 3. The van der Waals surface area contributed by atoms with Crippen molar-refractivity contribution in [3.63, 3.8) is 0 Å². The van der Waals surface area contributed by atoms with E-state index in [-0.39, 0.29) is 12.0 Å². The van der Waals surface area contributed by atoms with Crippen LogP contribution in [0.2, 0.25) is 0 Å². The predicted molar refractivity (Wildman–Crippen MR) is 70.3 cm³/mol. The number of aromatic nitrogens is 1. The van der Waals surface area contributed by atoms with E-state index in [0.29, 0.717) is 0 Å². The molecule has 88 valence electrons. The molecule has 0 bridgehead atoms. The topological polar surface area (TPSA) is 33.1 Å². The number of hydrogen-bond donors (Lipinski definition) is 1. The minimum Gasteiger partial charge on any atom is -0.395 e. The number of thiazole rings is 1. The number of nitrogens with zero attached hydrogens (tertiary/aromatic N) is 1. The molecule has 1 aliphatic carbocycles. The van der Waals surface area contributed by atoms with Crippen LogP contribution < -0.4 is 0 Å². The van der Waals surface area contributed by atoms with Crippen LogP contribution in [0.3, 0.4) is 0 Å². The lowest BCUT2D eigenvalue weighted by Crippen LogP contribution is -2.11. The summed E-state index contributed by atoms with van der Waals surface area (Å²) in [5.41, 5.74) is 3.48. The molecule has 0 radical (unpaired) electrons. The van der Waals surface area contributed by atoms with E-state index in [2.05, 4.69) is 41.6 Å². The average Bonchev–Trinajstić information content (AvgIpc) is 2.99. The van der Waals surface area contributed by atoms with Gasteiger partial charge in [0.05, 0.1) is 12.3 Å². The largest absolute Gasteiger partial charge is 0.395 e. The Hall–Kier alpha value is -1.19. The Bertz CT molecular complexity index is 543. The summed E-state index contributed by atoms with van der Waals surface area (Å²) in [5.74, 6) is 0. The van der Waals surface area contributed by atoms with Gasteiger partial charge in [0.1, 0.15) is 5.01 Å². The SMILES string of the molecule is Cc1cccc(-c2nc(C3(CO)CC3)cs2)c1. The van der Waals surface area contributed by atoms with Crippen LogP contribution in [0, 0.1) is 6.92 Å². The molecule has 0 saturated heterocycles. The summed E-state index contributed by atoms with van der Waals surface area (Å²) in [6.45, 7) is 2.32. The van der Waals surface area contributed by atoms with Crippen LogP contribution in [0.5, 0.6) is 0 Å². The first kappa shape index (κ1) is 10.9. The molecule has 17 heavy (non-hydrogen) atoms. The van der Waals surface area contributed by atoms with E-state index in [4.69, 9.17) is 0 Å². The normalized spacial score (nSPS) is 17.1. The van der Waals surface area contributed by atoms with Gasteiger partial charge in [-0.15, -0.1) is 11.3 Å². The van der Waals surface area contributed by atoms with E-state index < -0.39 is 0 Å². The molecule has 3 heteroatoms. The highest BCUT2D eigenvalue weighted by atomic mass is 32.1. The number of aliphatic hydroxyl groups is 1. The minimum absolute atomic E-state index is 0.0153. The zero-order chi connectivity index (χ0) is 11.9. The lowest BCUT2D eigenvalue weighted by Gasteiger charge is -2.06. The third-order valence-electron chi connectivity index (χ3n) is 3.47. The van der Waals surface area contributed by atoms with Gasteiger partial charge in [0, 0.05) is 16.4 Å². The lowest BCUT2D eigenvalue weighted by atomic mass is 10.1. The molecule has 1 aromatic carbocycles. The molecular formula is C14H15NOS. The molecule has 0 amide bonds. The maximum atomic E-state index is 9.40. The third-order valence-corrected chi connectivity index (χ3v) is 4.36. The van der Waals surface area contributed by atoms with E-state index in [1.54, 1.807) is 11.3 Å². The van der Waals surface area contributed by atoms with Gasteiger partial charge in [-0.2, -0.15) is 0 Å². The van der Waals surface area contributed by atoms with Crippen molar-refractivity contribution in [2.45, 2.75) is 25.2 Å². The quantitative estimate of drug-likeness (QED) is 0.901. The first-order valence-electron chi connectivity index (χ1n) is 5.87. The Balaban J connectivity index is 1.95. The fraction of sp³-hybridized carbons (Fsp3) is 0.357. The first-order valence-corrected chi connectivity index (χ1v) is 6.75. The first-order chi connectivity index (χ1) is 8.23. The smallest absolute Gasteiger partial charge is 0.123 e. The van der Waals surface area contributed by atoms with Crippen molar-refractivity contribution in [1.29, 1.82) is 0 Å². The average molecular weight is 245 g/mol. The number of aryl methyl sites for hydroxylation is 1. The molecular weight excluding hydrogens is 230 g/mol. The predicted octanol–water partition coefficient (Wildman–Crippen LogP) is 3.14. The van der Waals surface area contributed by atoms with E-state index >= 15 is 0 Å². The molecule has 1 aliphatic rings. The van der Waals surface area contributed by atoms with Crippen LogP contribution in [0.4, 0.5) is 0 Å². The zero-order valence-electron chi connectivity index (χ0n) is 9.81. The number of hydrogen-bond acceptors (Lipinski definition) is 3. The Kier molecular flexibility index (Phi) is 2.53. The van der Waals surface area contributed by atoms with Gasteiger partial charge in [0.25, 0.3) is 0 Å². The standard InChI is InChI=1S/C14H15NOS/c1-10-3-2-4-11(7-10)13-15-12(8-17-13)14(9-16)5-6-14/h2-4,7-8,16H,5-6,9H2,1H3. The molecule has 0 aliphatic heterocycles. The van der Waals surface area contributed by atoms with Gasteiger partial charge in [-0.1, -0.05) is 23.8 Å². The Morgan fingerprint density at radius 1 is 1.41 bits per heavy atom. The summed E-state index contributed by atoms with van der Waals surface area (Å²) >= 11 is 1.67. The van der Waals surface area contributed by atoms with Gasteiger partial charge in [0.15, 0.2) is 0 Å². The fourth-order valence-electron chi connectivity index (χ4n) is 2.07. The number of benzene rings is 1. The highest BCUT2D eigenvalue weighted by molar-refractivity contribution is 7.13. The van der Waals surface area contributed by atoms with Gasteiger partial charge in [0.2, 0.25) is 0 Å². The van der Waals surface area contributed by atoms with Crippen molar-refractivity contribution in [2.75, 3.05) is 6.61 Å². The molecule has 1 aromatic heterocycles. The maximum absolute atomic E-state index is 9.40. The second kappa shape index (κ2) is 3.93. The van der Waals surface area contributed by atoms with Gasteiger partial charge in [-0.05, 0) is 25.8 Å². The molecule has 0 unspecified atom stereocenters. The molecule has 1 N–H and O–H groups in total. The van der Waals surface area contributed by atoms with Gasteiger partial charge < -0.3 is 5.11 Å². The van der Waals surface area contributed by atoms with Gasteiger partial charge >= 0.3 is 0 Å². The van der Waals surface area contributed by atoms with E-state index in [1.165, 1.54) is 11.1 Å². The Morgan fingerprint density at radius 3 is 2.88 bits per heavy atom. The molecule has 3 rings (SSSR count). The monoisotopic (exact) mass is 245 g/mol. The molecule has 0 spiro atoms. The van der Waals surface area contributed by atoms with Crippen molar-refractivity contribution in [3.8, 4) is 10.6 Å². The van der Waals surface area contributed by atoms with Crippen LogP contribution in [-0.2, 0) is 5.41 Å². The molecule has 1 fully saturated rings. The van der Waals surface area contributed by atoms with Crippen molar-refractivity contribution < 1.29 is 5.11 Å². The molecule has 2 nitrogen and oxygen atoms in total. The Labute approximate surface area is 105 Å². The number of aliphatic hydroxyl groups excluding tert-OH is 1. The summed E-state index contributed by atoms with van der Waals surface area (Å²) in [4.78, 5) is 4.69. The van der Waals surface area contributed by atoms with Crippen LogP contribution in [0.1, 0.15) is 24.1 Å². The summed E-state index contributed by atoms with van der Waals surface area (Å²) in [7, 11) is 0. The summed E-state index contributed by atoms with van der Waals surface area (Å²) in [6, 6.07) is 8.40. The summed E-state index contributed by atoms with van der Waals surface area (Å²) in [6.07, 6.45) is 2.14. The minimum atomic E-state index is -0.0153. The van der Waals surface area contributed by atoms with Crippen molar-refractivity contribution in [2.24, 2.45) is 0 Å². The fourth-order valence-corrected chi connectivity index (χ4v) is 3.01. The molecule has 2 aromatic rings. The second-order valence-corrected chi connectivity index (χ2v) is 5.70. The molecule has 1 saturated carbocycles. The van der Waals surface area contributed by atoms with E-state index in [9.17, 15) is 5.11 Å². The Morgan fingerprint density at radius 2 is 2.24 bits per heavy atom. The van der Waals surface area contributed by atoms with Crippen LogP contribution in [-0.4, -0.2) is 16.7 Å². The molecule has 0 atom stereocenters. The lowest BCUT2D eigenvalue weighted by molar-refractivity contribution is 0.253.